The van der Waals surface area contributed by atoms with E-state index < -0.39 is 17.6 Å². The molecule has 0 spiro atoms. The summed E-state index contributed by atoms with van der Waals surface area (Å²) in [7, 11) is 0. The predicted octanol–water partition coefficient (Wildman–Crippen LogP) is 5.47. The van der Waals surface area contributed by atoms with E-state index in [4.69, 9.17) is 0 Å². The highest BCUT2D eigenvalue weighted by Crippen LogP contribution is 2.37. The molecule has 0 radical (unpaired) electrons. The summed E-state index contributed by atoms with van der Waals surface area (Å²) in [6, 6.07) is 3.17. The molecule has 0 N–H and O–H groups in total. The van der Waals surface area contributed by atoms with Gasteiger partial charge in [-0.05, 0) is 51.8 Å². The minimum absolute atomic E-state index is 0.0787. The highest BCUT2D eigenvalue weighted by molar-refractivity contribution is 7.12. The van der Waals surface area contributed by atoms with Crippen LogP contribution >= 0.6 is 11.3 Å². The van der Waals surface area contributed by atoms with Crippen molar-refractivity contribution in [3.05, 3.63) is 39.5 Å². The van der Waals surface area contributed by atoms with Crippen molar-refractivity contribution >= 4 is 17.1 Å². The quantitative estimate of drug-likeness (QED) is 0.608. The van der Waals surface area contributed by atoms with Crippen LogP contribution in [-0.4, -0.2) is 27.8 Å². The van der Waals surface area contributed by atoms with Crippen LogP contribution in [0.2, 0.25) is 0 Å². The van der Waals surface area contributed by atoms with Gasteiger partial charge in [0.2, 0.25) is 0 Å². The molecule has 0 bridgehead atoms. The third kappa shape index (κ3) is 4.60. The van der Waals surface area contributed by atoms with Crippen LogP contribution in [0.15, 0.2) is 18.2 Å². The third-order valence-corrected chi connectivity index (χ3v) is 6.14. The molecular formula is C20H22F4N2OS. The SMILES string of the molecule is CC(=O)Cc1nc(-c2cc(F)cc(C(F)(F)F)c2)c(CN2[C@H](C)CC[C@@H]2C)s1. The van der Waals surface area contributed by atoms with Gasteiger partial charge in [0.05, 0.1) is 17.7 Å². The van der Waals surface area contributed by atoms with Crippen molar-refractivity contribution in [1.29, 1.82) is 0 Å². The van der Waals surface area contributed by atoms with Crippen LogP contribution in [0.4, 0.5) is 17.6 Å². The summed E-state index contributed by atoms with van der Waals surface area (Å²) in [6.07, 6.45) is -2.43. The van der Waals surface area contributed by atoms with Crippen LogP contribution in [0.5, 0.6) is 0 Å². The molecule has 0 amide bonds. The van der Waals surface area contributed by atoms with Gasteiger partial charge in [0.25, 0.3) is 0 Å². The Morgan fingerprint density at radius 1 is 1.21 bits per heavy atom. The number of alkyl halides is 3. The fourth-order valence-corrected chi connectivity index (χ4v) is 4.81. The Labute approximate surface area is 165 Å². The number of rotatable bonds is 5. The molecule has 1 aliphatic rings. The summed E-state index contributed by atoms with van der Waals surface area (Å²) in [5.41, 5.74) is -0.622. The molecule has 3 nitrogen and oxygen atoms in total. The molecule has 1 saturated heterocycles. The van der Waals surface area contributed by atoms with Gasteiger partial charge in [0, 0.05) is 29.1 Å². The molecular weight excluding hydrogens is 392 g/mol. The number of halogens is 4. The maximum atomic E-state index is 13.9. The van der Waals surface area contributed by atoms with Gasteiger partial charge in [-0.15, -0.1) is 11.3 Å². The molecule has 2 heterocycles. The van der Waals surface area contributed by atoms with Crippen molar-refractivity contribution in [2.24, 2.45) is 0 Å². The Morgan fingerprint density at radius 3 is 2.43 bits per heavy atom. The molecule has 3 rings (SSSR count). The molecule has 2 aromatic rings. The van der Waals surface area contributed by atoms with Gasteiger partial charge in [-0.1, -0.05) is 0 Å². The van der Waals surface area contributed by atoms with Crippen LogP contribution in [0.1, 0.15) is 49.1 Å². The number of ketones is 1. The standard InChI is InChI=1S/C20H22F4N2OS/c1-11-4-5-12(2)26(11)10-17-19(25-18(28-17)6-13(3)27)14-7-15(20(22,23)24)9-16(21)8-14/h7-9,11-12H,4-6,10H2,1-3H3/t11-,12+. The Balaban J connectivity index is 2.05. The second-order valence-corrected chi connectivity index (χ2v) is 8.60. The van der Waals surface area contributed by atoms with E-state index in [0.717, 1.165) is 29.9 Å². The van der Waals surface area contributed by atoms with Crippen molar-refractivity contribution in [1.82, 2.24) is 9.88 Å². The van der Waals surface area contributed by atoms with Gasteiger partial charge in [0.1, 0.15) is 16.6 Å². The lowest BCUT2D eigenvalue weighted by atomic mass is 10.1. The average molecular weight is 414 g/mol. The zero-order chi connectivity index (χ0) is 20.6. The van der Waals surface area contributed by atoms with Crippen molar-refractivity contribution in [3.63, 3.8) is 0 Å². The Bertz CT molecular complexity index is 868. The van der Waals surface area contributed by atoms with Crippen molar-refractivity contribution in [2.45, 2.75) is 64.8 Å². The topological polar surface area (TPSA) is 33.2 Å². The van der Waals surface area contributed by atoms with E-state index in [2.05, 4.69) is 23.7 Å². The first-order valence-electron chi connectivity index (χ1n) is 9.16. The molecule has 0 unspecified atom stereocenters. The van der Waals surface area contributed by atoms with E-state index in [1.807, 2.05) is 0 Å². The summed E-state index contributed by atoms with van der Waals surface area (Å²) in [4.78, 5) is 19.0. The molecule has 28 heavy (non-hydrogen) atoms. The van der Waals surface area contributed by atoms with Crippen LogP contribution in [0, 0.1) is 5.82 Å². The molecule has 0 aliphatic carbocycles. The van der Waals surface area contributed by atoms with E-state index in [9.17, 15) is 22.4 Å². The fourth-order valence-electron chi connectivity index (χ4n) is 3.64. The van der Waals surface area contributed by atoms with E-state index in [1.165, 1.54) is 18.3 Å². The molecule has 152 valence electrons. The maximum Gasteiger partial charge on any atom is 0.416 e. The van der Waals surface area contributed by atoms with E-state index >= 15 is 0 Å². The molecule has 1 aliphatic heterocycles. The first kappa shape index (κ1) is 20.9. The summed E-state index contributed by atoms with van der Waals surface area (Å²) in [6.45, 7) is 6.19. The molecule has 1 aromatic heterocycles. The first-order valence-corrected chi connectivity index (χ1v) is 9.98. The third-order valence-electron chi connectivity index (χ3n) is 5.10. The lowest BCUT2D eigenvalue weighted by Gasteiger charge is -2.25. The fraction of sp³-hybridized carbons (Fsp3) is 0.500. The van der Waals surface area contributed by atoms with Crippen LogP contribution in [-0.2, 0) is 23.9 Å². The molecule has 1 fully saturated rings. The van der Waals surface area contributed by atoms with Crippen LogP contribution < -0.4 is 0 Å². The first-order chi connectivity index (χ1) is 13.0. The number of thiazole rings is 1. The number of Topliss-reactive ketones (excluding diaryl/α,β-unsaturated/α-hetero) is 1. The van der Waals surface area contributed by atoms with Crippen molar-refractivity contribution in [3.8, 4) is 11.3 Å². The number of carbonyl (C=O) groups is 1. The van der Waals surface area contributed by atoms with Gasteiger partial charge in [0.15, 0.2) is 0 Å². The predicted molar refractivity (Wildman–Crippen MR) is 101 cm³/mol. The van der Waals surface area contributed by atoms with Crippen molar-refractivity contribution in [2.75, 3.05) is 0 Å². The largest absolute Gasteiger partial charge is 0.416 e. The smallest absolute Gasteiger partial charge is 0.300 e. The van der Waals surface area contributed by atoms with Crippen LogP contribution in [0.3, 0.4) is 0 Å². The lowest BCUT2D eigenvalue weighted by molar-refractivity contribution is -0.137. The minimum atomic E-state index is -4.65. The molecule has 0 saturated carbocycles. The zero-order valence-electron chi connectivity index (χ0n) is 15.9. The monoisotopic (exact) mass is 414 g/mol. The van der Waals surface area contributed by atoms with Crippen molar-refractivity contribution < 1.29 is 22.4 Å². The normalized spacial score (nSPS) is 20.7. The summed E-state index contributed by atoms with van der Waals surface area (Å²) in [5, 5.41) is 0.537. The Kier molecular flexibility index (Phi) is 5.91. The summed E-state index contributed by atoms with van der Waals surface area (Å²) >= 11 is 1.32. The molecule has 8 heteroatoms. The van der Waals surface area contributed by atoms with Crippen LogP contribution in [0.25, 0.3) is 11.3 Å². The zero-order valence-corrected chi connectivity index (χ0v) is 16.8. The number of benzene rings is 1. The highest BCUT2D eigenvalue weighted by atomic mass is 32.1. The number of aromatic nitrogens is 1. The lowest BCUT2D eigenvalue weighted by Crippen LogP contribution is -2.31. The highest BCUT2D eigenvalue weighted by Gasteiger charge is 2.33. The summed E-state index contributed by atoms with van der Waals surface area (Å²) in [5.74, 6) is -1.04. The number of nitrogens with zero attached hydrogens (tertiary/aromatic N) is 2. The van der Waals surface area contributed by atoms with E-state index in [-0.39, 0.29) is 17.8 Å². The maximum absolute atomic E-state index is 13.9. The van der Waals surface area contributed by atoms with Gasteiger partial charge < -0.3 is 0 Å². The Hall–Kier alpha value is -1.80. The van der Waals surface area contributed by atoms with Gasteiger partial charge in [-0.3, -0.25) is 9.69 Å². The molecule has 1 aromatic carbocycles. The van der Waals surface area contributed by atoms with Gasteiger partial charge in [-0.2, -0.15) is 13.2 Å². The molecule has 2 atom stereocenters. The average Bonchev–Trinajstić information content (AvgIpc) is 3.11. The van der Waals surface area contributed by atoms with E-state index in [1.54, 1.807) is 0 Å². The van der Waals surface area contributed by atoms with E-state index in [0.29, 0.717) is 35.4 Å². The second kappa shape index (κ2) is 7.91. The van der Waals surface area contributed by atoms with Gasteiger partial charge >= 0.3 is 6.18 Å². The summed E-state index contributed by atoms with van der Waals surface area (Å²) < 4.78 is 53.3. The number of carbonyl (C=O) groups excluding carboxylic acids is 1. The second-order valence-electron chi connectivity index (χ2n) is 7.43. The van der Waals surface area contributed by atoms with Gasteiger partial charge in [-0.25, -0.2) is 9.37 Å². The Morgan fingerprint density at radius 2 is 1.86 bits per heavy atom. The minimum Gasteiger partial charge on any atom is -0.300 e. The number of hydrogen-bond donors (Lipinski definition) is 0. The number of hydrogen-bond acceptors (Lipinski definition) is 4. The number of likely N-dealkylation sites (tertiary alicyclic amines) is 1.